The van der Waals surface area contributed by atoms with Crippen molar-refractivity contribution in [3.63, 3.8) is 0 Å². The molecule has 4 saturated carbocycles. The number of fused-ring (bicyclic) bond motifs is 4. The van der Waals surface area contributed by atoms with Crippen molar-refractivity contribution < 1.29 is 47.2 Å². The van der Waals surface area contributed by atoms with Crippen molar-refractivity contribution in [2.75, 3.05) is 6.61 Å². The molecule has 13 heteroatoms. The van der Waals surface area contributed by atoms with Gasteiger partial charge in [-0.25, -0.2) is 0 Å². The Bertz CT molecular complexity index is 1070. The highest BCUT2D eigenvalue weighted by atomic mass is 35.5. The van der Waals surface area contributed by atoms with Crippen LogP contribution < -0.4 is 15.4 Å². The maximum absolute atomic E-state index is 13.1. The van der Waals surface area contributed by atoms with E-state index in [1.54, 1.807) is 18.2 Å². The van der Waals surface area contributed by atoms with E-state index in [9.17, 15) is 33.0 Å². The zero-order valence-corrected chi connectivity index (χ0v) is 21.2. The molecule has 1 aromatic rings. The van der Waals surface area contributed by atoms with Gasteiger partial charge in [0.15, 0.2) is 6.10 Å². The number of aliphatic hydroxyl groups excluding tert-OH is 2. The molecule has 4 N–H and O–H groups in total. The number of nitrogens with one attached hydrogen (secondary N) is 2. The summed E-state index contributed by atoms with van der Waals surface area (Å²) in [6.07, 6.45) is -6.51. The fourth-order valence-corrected chi connectivity index (χ4v) is 6.21. The molecule has 3 atom stereocenters. The lowest BCUT2D eigenvalue weighted by Gasteiger charge is -2.56. The van der Waals surface area contributed by atoms with Gasteiger partial charge in [-0.2, -0.15) is 0 Å². The third kappa shape index (κ3) is 5.74. The van der Waals surface area contributed by atoms with E-state index >= 15 is 0 Å². The van der Waals surface area contributed by atoms with E-state index in [-0.39, 0.29) is 38.2 Å². The average molecular weight is 563 g/mol. The number of hydrogen-bond acceptors (Lipinski definition) is 7. The highest BCUT2D eigenvalue weighted by Crippen LogP contribution is 2.47. The number of benzene rings is 1. The number of carbonyl (C=O) groups is 2. The molecule has 4 fully saturated rings. The molecular weight excluding hydrogens is 533 g/mol. The molecule has 2 amide bonds. The summed E-state index contributed by atoms with van der Waals surface area (Å²) >= 11 is 5.99. The first-order valence-electron chi connectivity index (χ1n) is 12.7. The molecule has 210 valence electrons. The smallest absolute Gasteiger partial charge is 0.480 e. The van der Waals surface area contributed by atoms with Gasteiger partial charge in [-0.1, -0.05) is 11.6 Å². The first-order chi connectivity index (χ1) is 17.9. The standard InChI is InChI=1S/C25H30ClF3N2O7/c26-13-1-2-18-16(7-13)17(32)10-19(37-18)22(35)31-23-3-5-24(6-4-23,20(33)11-23)30-21(34)12-36-14-8-15(9-14)38-25(27,28)29/h1-2,7,14-15,17,19-20,32-33H,3-6,8-12H2,(H,30,34)(H,31,35)/t14?,15?,17-,19-,20+,23?,24?/m0/s1. The summed E-state index contributed by atoms with van der Waals surface area (Å²) in [7, 11) is 0. The van der Waals surface area contributed by atoms with Crippen LogP contribution in [0.3, 0.4) is 0 Å². The molecule has 4 aliphatic carbocycles. The van der Waals surface area contributed by atoms with E-state index in [0.29, 0.717) is 42.0 Å². The van der Waals surface area contributed by atoms with E-state index in [2.05, 4.69) is 15.4 Å². The predicted molar refractivity (Wildman–Crippen MR) is 126 cm³/mol. The molecule has 1 aliphatic heterocycles. The predicted octanol–water partition coefficient (Wildman–Crippen LogP) is 2.66. The van der Waals surface area contributed by atoms with Gasteiger partial charge in [0.05, 0.1) is 30.0 Å². The molecule has 0 radical (unpaired) electrons. The Morgan fingerprint density at radius 3 is 2.45 bits per heavy atom. The van der Waals surface area contributed by atoms with Crippen molar-refractivity contribution in [1.29, 1.82) is 0 Å². The number of hydrogen-bond donors (Lipinski definition) is 4. The molecule has 0 unspecified atom stereocenters. The zero-order valence-electron chi connectivity index (χ0n) is 20.4. The monoisotopic (exact) mass is 562 g/mol. The highest BCUT2D eigenvalue weighted by Gasteiger charge is 2.56. The molecule has 9 nitrogen and oxygen atoms in total. The van der Waals surface area contributed by atoms with Crippen LogP contribution in [-0.2, 0) is 19.1 Å². The molecular formula is C25H30ClF3N2O7. The Labute approximate surface area is 221 Å². The van der Waals surface area contributed by atoms with Gasteiger partial charge in [0, 0.05) is 35.4 Å². The quantitative estimate of drug-likeness (QED) is 0.402. The average Bonchev–Trinajstić information content (AvgIpc) is 2.81. The number of halogens is 4. The largest absolute Gasteiger partial charge is 0.522 e. The van der Waals surface area contributed by atoms with Gasteiger partial charge in [0.25, 0.3) is 5.91 Å². The second kappa shape index (κ2) is 10.1. The second-order valence-corrected chi connectivity index (χ2v) is 11.3. The summed E-state index contributed by atoms with van der Waals surface area (Å²) in [5.41, 5.74) is -0.987. The molecule has 6 rings (SSSR count). The van der Waals surface area contributed by atoms with Gasteiger partial charge in [-0.05, 0) is 50.3 Å². The highest BCUT2D eigenvalue weighted by molar-refractivity contribution is 6.30. The molecule has 5 aliphatic rings. The SMILES string of the molecule is O=C(COC1CC(OC(F)(F)F)C1)NC12CCC(NC(=O)[C@@H]3C[C@H](O)c4cc(Cl)ccc4O3)(CC1)C[C@H]2O. The molecule has 2 bridgehead atoms. The van der Waals surface area contributed by atoms with Crippen LogP contribution in [0.2, 0.25) is 5.02 Å². The first-order valence-corrected chi connectivity index (χ1v) is 13.0. The molecule has 0 spiro atoms. The summed E-state index contributed by atoms with van der Waals surface area (Å²) in [6, 6.07) is 4.84. The van der Waals surface area contributed by atoms with E-state index in [4.69, 9.17) is 21.1 Å². The van der Waals surface area contributed by atoms with E-state index in [0.717, 1.165) is 0 Å². The minimum Gasteiger partial charge on any atom is -0.480 e. The minimum atomic E-state index is -4.69. The number of alkyl halides is 3. The van der Waals surface area contributed by atoms with Gasteiger partial charge in [0.1, 0.15) is 12.4 Å². The van der Waals surface area contributed by atoms with Crippen LogP contribution >= 0.6 is 11.6 Å². The summed E-state index contributed by atoms with van der Waals surface area (Å²) in [4.78, 5) is 25.6. The second-order valence-electron chi connectivity index (χ2n) is 10.8. The zero-order chi connectivity index (χ0) is 27.3. The van der Waals surface area contributed by atoms with Crippen molar-refractivity contribution in [1.82, 2.24) is 10.6 Å². The van der Waals surface area contributed by atoms with Crippen LogP contribution in [-0.4, -0.2) is 70.5 Å². The van der Waals surface area contributed by atoms with Gasteiger partial charge >= 0.3 is 6.36 Å². The van der Waals surface area contributed by atoms with E-state index in [1.807, 2.05) is 0 Å². The maximum atomic E-state index is 13.1. The van der Waals surface area contributed by atoms with E-state index in [1.165, 1.54) is 0 Å². The van der Waals surface area contributed by atoms with Crippen molar-refractivity contribution in [3.05, 3.63) is 28.8 Å². The van der Waals surface area contributed by atoms with Crippen LogP contribution in [0.15, 0.2) is 18.2 Å². The van der Waals surface area contributed by atoms with Crippen LogP contribution in [0.4, 0.5) is 13.2 Å². The number of amides is 2. The van der Waals surface area contributed by atoms with Crippen molar-refractivity contribution in [3.8, 4) is 5.75 Å². The van der Waals surface area contributed by atoms with Crippen LogP contribution in [0.5, 0.6) is 5.75 Å². The first kappa shape index (κ1) is 27.4. The summed E-state index contributed by atoms with van der Waals surface area (Å²) < 4.78 is 51.8. The lowest BCUT2D eigenvalue weighted by molar-refractivity contribution is -0.357. The topological polar surface area (TPSA) is 126 Å². The minimum absolute atomic E-state index is 0.0594. The van der Waals surface area contributed by atoms with Gasteiger partial charge in [0.2, 0.25) is 5.91 Å². The van der Waals surface area contributed by atoms with Crippen LogP contribution in [0, 0.1) is 0 Å². The van der Waals surface area contributed by atoms with Gasteiger partial charge in [-0.3, -0.25) is 14.3 Å². The Kier molecular flexibility index (Phi) is 7.31. The number of carbonyl (C=O) groups excluding carboxylic acids is 2. The summed E-state index contributed by atoms with van der Waals surface area (Å²) in [5.74, 6) is -0.435. The summed E-state index contributed by atoms with van der Waals surface area (Å²) in [5, 5.41) is 27.8. The maximum Gasteiger partial charge on any atom is 0.522 e. The van der Waals surface area contributed by atoms with Crippen molar-refractivity contribution >= 4 is 23.4 Å². The fourth-order valence-electron chi connectivity index (χ4n) is 6.03. The molecule has 0 aromatic heterocycles. The lowest BCUT2D eigenvalue weighted by Crippen LogP contribution is -2.71. The number of aliphatic hydroxyl groups is 2. The Hall–Kier alpha value is -2.12. The Morgan fingerprint density at radius 2 is 1.79 bits per heavy atom. The third-order valence-electron chi connectivity index (χ3n) is 8.23. The van der Waals surface area contributed by atoms with Crippen LogP contribution in [0.25, 0.3) is 0 Å². The number of rotatable bonds is 7. The molecule has 38 heavy (non-hydrogen) atoms. The fraction of sp³-hybridized carbons (Fsp3) is 0.680. The van der Waals surface area contributed by atoms with Gasteiger partial charge < -0.3 is 30.3 Å². The summed E-state index contributed by atoms with van der Waals surface area (Å²) in [6.45, 7) is -0.326. The normalized spacial score (nSPS) is 36.0. The third-order valence-corrected chi connectivity index (χ3v) is 8.46. The lowest BCUT2D eigenvalue weighted by atomic mass is 9.59. The van der Waals surface area contributed by atoms with E-state index < -0.39 is 53.9 Å². The Balaban J connectivity index is 1.10. The molecule has 1 aromatic carbocycles. The molecule has 1 heterocycles. The Morgan fingerprint density at radius 1 is 1.08 bits per heavy atom. The van der Waals surface area contributed by atoms with Gasteiger partial charge in [-0.15, -0.1) is 13.2 Å². The van der Waals surface area contributed by atoms with Crippen molar-refractivity contribution in [2.24, 2.45) is 0 Å². The number of ether oxygens (including phenoxy) is 3. The van der Waals surface area contributed by atoms with Crippen LogP contribution in [0.1, 0.15) is 63.0 Å². The van der Waals surface area contributed by atoms with Crippen molar-refractivity contribution in [2.45, 2.75) is 99.3 Å². The molecule has 0 saturated heterocycles.